The van der Waals surface area contributed by atoms with Gasteiger partial charge in [0.2, 0.25) is 11.8 Å². The first kappa shape index (κ1) is 44.6. The van der Waals surface area contributed by atoms with E-state index in [-0.39, 0.29) is 44.6 Å². The third-order valence-corrected chi connectivity index (χ3v) is 14.2. The normalized spacial score (nSPS) is 23.0. The summed E-state index contributed by atoms with van der Waals surface area (Å²) in [4.78, 5) is 112. The molecule has 3 fully saturated rings. The minimum absolute atomic E-state index is 0.0606. The summed E-state index contributed by atoms with van der Waals surface area (Å²) in [5, 5.41) is 40.5. The lowest BCUT2D eigenvalue weighted by molar-refractivity contribution is -0.161. The number of carbonyl (C=O) groups is 6. The summed E-state index contributed by atoms with van der Waals surface area (Å²) in [6, 6.07) is 2.21. The molecule has 0 radical (unpaired) electrons. The first-order valence-electron chi connectivity index (χ1n) is 17.7. The van der Waals surface area contributed by atoms with Crippen LogP contribution in [0.2, 0.25) is 0 Å². The molecular weight excluding hydrogens is 883 g/mol. The Morgan fingerprint density at radius 3 is 2.34 bits per heavy atom. The number of nitrogen functional groups attached to an aromatic ring is 1. The lowest BCUT2D eigenvalue weighted by Crippen LogP contribution is -2.71. The number of benzene rings is 1. The fraction of sp³-hybridized carbons (Fsp3) is 0.382. The average Bonchev–Trinajstić information content (AvgIpc) is 3.75. The molecule has 7 rings (SSSR count). The Morgan fingerprint density at radius 1 is 1.07 bits per heavy atom. The summed E-state index contributed by atoms with van der Waals surface area (Å²) in [7, 11) is 2.74. The maximum absolute atomic E-state index is 12.9. The zero-order chi connectivity index (χ0) is 44.7. The molecular formula is C34H37N11O12S4. The number of aryl methyl sites for hydroxylation is 1. The largest absolute Gasteiger partial charge is 0.508 e. The van der Waals surface area contributed by atoms with Gasteiger partial charge in [-0.3, -0.25) is 43.4 Å². The van der Waals surface area contributed by atoms with Crippen molar-refractivity contribution in [3.8, 4) is 5.75 Å². The van der Waals surface area contributed by atoms with Crippen LogP contribution in [-0.4, -0.2) is 138 Å². The molecule has 3 aromatic rings. The highest BCUT2D eigenvalue weighted by Gasteiger charge is 2.64. The monoisotopic (exact) mass is 919 g/mol. The Labute approximate surface area is 360 Å². The Hall–Kier alpha value is -5.90. The number of nitrogens with one attached hydrogen (secondary N) is 3. The minimum atomic E-state index is -1.31. The van der Waals surface area contributed by atoms with Gasteiger partial charge in [0.25, 0.3) is 11.8 Å². The number of carbonyl (C=O) groups excluding carboxylic acids is 4. The first-order chi connectivity index (χ1) is 28.7. The molecule has 27 heteroatoms. The summed E-state index contributed by atoms with van der Waals surface area (Å²) in [5.74, 6) is -4.24. The van der Waals surface area contributed by atoms with Gasteiger partial charge in [-0.15, -0.1) is 34.9 Å². The standard InChI is InChI=1S/C18H18N8O7S3.C16H19N3O5S/c1-25-18(22-12(28)13(29)23-25)36-4-6-3-34-15-9(14(30)26(15)10(6)16(31)32)21-11(27)8(24-33-2)7-5-35-17(19)20-7;1-16(2)11(15(23)24)19-13(22)10(14(19)25-16)18-12(21)9(17)7-3-5-8(20)6-4-7/h5,9,15H,3-4H2,1-2H3,(H2,19,20)(H,21,27)(H,23,29)(H,31,32);3-6,9-11,14,20H,17H2,1-2H3,(H,18,21)(H,23,24)/b24-8-;/t9-,15-;9-,10-,11+,14-/m11/s1. The molecule has 6 heterocycles. The van der Waals surface area contributed by atoms with Crippen LogP contribution < -0.4 is 33.2 Å². The van der Waals surface area contributed by atoms with Crippen LogP contribution in [0.25, 0.3) is 0 Å². The zero-order valence-corrected chi connectivity index (χ0v) is 35.5. The van der Waals surface area contributed by atoms with Crippen LogP contribution in [0, 0.1) is 0 Å². The highest BCUT2D eigenvalue weighted by molar-refractivity contribution is 8.01. The lowest BCUT2D eigenvalue weighted by atomic mass is 9.95. The molecule has 0 bridgehead atoms. The third-order valence-electron chi connectivity index (χ3n) is 9.53. The van der Waals surface area contributed by atoms with E-state index < -0.39 is 86.3 Å². The van der Waals surface area contributed by atoms with Crippen molar-refractivity contribution < 1.29 is 48.9 Å². The second-order valence-electron chi connectivity index (χ2n) is 14.0. The van der Waals surface area contributed by atoms with E-state index in [9.17, 15) is 53.7 Å². The number of carboxylic acid groups (broad SMARTS) is 2. The van der Waals surface area contributed by atoms with Crippen molar-refractivity contribution in [3.63, 3.8) is 0 Å². The second kappa shape index (κ2) is 17.6. The fourth-order valence-electron chi connectivity index (χ4n) is 6.66. The molecule has 2 aromatic heterocycles. The lowest BCUT2D eigenvalue weighted by Gasteiger charge is -2.49. The van der Waals surface area contributed by atoms with Gasteiger partial charge in [0.1, 0.15) is 59.2 Å². The van der Waals surface area contributed by atoms with E-state index in [1.165, 1.54) is 76.9 Å². The number of hydrogen-bond donors (Lipinski definition) is 8. The highest BCUT2D eigenvalue weighted by Crippen LogP contribution is 2.51. The predicted molar refractivity (Wildman–Crippen MR) is 221 cm³/mol. The Morgan fingerprint density at radius 2 is 1.74 bits per heavy atom. The number of carboxylic acids is 2. The number of aromatic hydroxyl groups is 1. The minimum Gasteiger partial charge on any atom is -0.508 e. The summed E-state index contributed by atoms with van der Waals surface area (Å²) in [5.41, 5.74) is 10.4. The molecule has 10 N–H and O–H groups in total. The number of β-lactam (4-membered cyclic amide) rings is 2. The number of hydrogen-bond acceptors (Lipinski definition) is 19. The maximum Gasteiger partial charge on any atom is 0.352 e. The predicted octanol–water partition coefficient (Wildman–Crippen LogP) is -1.59. The van der Waals surface area contributed by atoms with Gasteiger partial charge in [-0.1, -0.05) is 29.1 Å². The third kappa shape index (κ3) is 8.81. The van der Waals surface area contributed by atoms with Crippen LogP contribution in [0.15, 0.2) is 60.8 Å². The van der Waals surface area contributed by atoms with E-state index in [4.69, 9.17) is 16.3 Å². The van der Waals surface area contributed by atoms with E-state index in [1.807, 2.05) is 0 Å². The van der Waals surface area contributed by atoms with Gasteiger partial charge < -0.3 is 47.2 Å². The zero-order valence-electron chi connectivity index (χ0n) is 32.3. The Balaban J connectivity index is 0.000000218. The van der Waals surface area contributed by atoms with Crippen LogP contribution in [-0.2, 0) is 40.7 Å². The summed E-state index contributed by atoms with van der Waals surface area (Å²) < 4.78 is 0.606. The van der Waals surface area contributed by atoms with Crippen LogP contribution in [0.4, 0.5) is 5.13 Å². The average molecular weight is 920 g/mol. The molecule has 0 spiro atoms. The van der Waals surface area contributed by atoms with Crippen LogP contribution >= 0.6 is 46.6 Å². The first-order valence-corrected chi connectivity index (χ1v) is 21.5. The van der Waals surface area contributed by atoms with Crippen molar-refractivity contribution in [1.29, 1.82) is 0 Å². The second-order valence-corrected chi connectivity index (χ2v) is 18.7. The number of aromatic amines is 1. The quantitative estimate of drug-likeness (QED) is 0.0334. The maximum atomic E-state index is 12.9. The number of H-pyrrole nitrogens is 1. The SMILES string of the molecule is CC1(C)S[C@@H]2[C@H](NC(=O)[C@H](N)c3ccc(O)cc3)C(=O)N2[C@H]1C(=O)O.CO/N=C(\C(=O)N[C@@H]1C(=O)N2C(C(=O)O)=C(CSc3nc(=O)c(=O)[nH]n3C)CS[C@H]12)c1csc(N)n1. The van der Waals surface area contributed by atoms with Crippen molar-refractivity contribution >= 4 is 93.0 Å². The number of thioether (sulfide) groups is 3. The molecule has 0 aliphatic carbocycles. The summed E-state index contributed by atoms with van der Waals surface area (Å²) in [6.07, 6.45) is 0. The Bertz CT molecular complexity index is 2490. The molecule has 4 amide bonds. The van der Waals surface area contributed by atoms with Crippen molar-refractivity contribution in [3.05, 3.63) is 72.9 Å². The molecule has 3 saturated heterocycles. The smallest absolute Gasteiger partial charge is 0.352 e. The number of nitrogens with zero attached hydrogens (tertiary/aromatic N) is 6. The van der Waals surface area contributed by atoms with Crippen molar-refractivity contribution in [2.24, 2.45) is 17.9 Å². The van der Waals surface area contributed by atoms with Crippen molar-refractivity contribution in [2.75, 3.05) is 24.3 Å². The molecule has 61 heavy (non-hydrogen) atoms. The van der Waals surface area contributed by atoms with Gasteiger partial charge in [0.05, 0.1) is 0 Å². The van der Waals surface area contributed by atoms with Gasteiger partial charge in [-0.25, -0.2) is 14.6 Å². The molecule has 6 atom stereocenters. The van der Waals surface area contributed by atoms with E-state index in [2.05, 4.69) is 30.9 Å². The van der Waals surface area contributed by atoms with Gasteiger partial charge in [-0.2, -0.15) is 4.98 Å². The number of fused-ring (bicyclic) bond motifs is 2. The van der Waals surface area contributed by atoms with Gasteiger partial charge >= 0.3 is 23.1 Å². The van der Waals surface area contributed by atoms with Gasteiger partial charge in [0, 0.05) is 28.7 Å². The summed E-state index contributed by atoms with van der Waals surface area (Å²) >= 11 is 4.76. The molecule has 324 valence electrons. The number of amides is 4. The number of rotatable bonds is 12. The number of aromatic nitrogens is 4. The number of phenolic OH excluding ortho intramolecular Hbond substituents is 1. The fourth-order valence-corrected chi connectivity index (χ4v) is 11.2. The van der Waals surface area contributed by atoms with Gasteiger partial charge in [0.15, 0.2) is 16.0 Å². The van der Waals surface area contributed by atoms with E-state index in [0.29, 0.717) is 11.1 Å². The molecule has 1 aromatic carbocycles. The Kier molecular flexibility index (Phi) is 12.9. The van der Waals surface area contributed by atoms with Gasteiger partial charge in [-0.05, 0) is 37.1 Å². The van der Waals surface area contributed by atoms with E-state index in [1.54, 1.807) is 13.8 Å². The van der Waals surface area contributed by atoms with Crippen molar-refractivity contribution in [2.45, 2.75) is 58.7 Å². The highest BCUT2D eigenvalue weighted by atomic mass is 32.2. The van der Waals surface area contributed by atoms with Crippen LogP contribution in [0.5, 0.6) is 5.75 Å². The van der Waals surface area contributed by atoms with E-state index >= 15 is 0 Å². The number of oxime groups is 1. The van der Waals surface area contributed by atoms with Crippen molar-refractivity contribution in [1.82, 2.24) is 40.2 Å². The van der Waals surface area contributed by atoms with Crippen LogP contribution in [0.1, 0.15) is 31.1 Å². The molecule has 4 aliphatic rings. The number of aliphatic carboxylic acids is 2. The van der Waals surface area contributed by atoms with Crippen LogP contribution in [0.3, 0.4) is 0 Å². The number of thiazole rings is 1. The molecule has 23 nitrogen and oxygen atoms in total. The number of anilines is 1. The molecule has 4 aliphatic heterocycles. The summed E-state index contributed by atoms with van der Waals surface area (Å²) in [6.45, 7) is 3.53. The van der Waals surface area contributed by atoms with E-state index in [0.717, 1.165) is 28.0 Å². The number of phenols is 1. The molecule has 0 unspecified atom stereocenters. The number of nitrogens with two attached hydrogens (primary N) is 2. The topological polar surface area (TPSA) is 348 Å². The molecule has 0 saturated carbocycles.